The van der Waals surface area contributed by atoms with Crippen molar-refractivity contribution in [2.45, 2.75) is 32.0 Å². The summed E-state index contributed by atoms with van der Waals surface area (Å²) in [4.78, 5) is 36.1. The second kappa shape index (κ2) is 9.11. The van der Waals surface area contributed by atoms with E-state index < -0.39 is 0 Å². The number of hydrogen-bond donors (Lipinski definition) is 3. The molecule has 3 heterocycles. The minimum absolute atomic E-state index is 0.00920. The summed E-state index contributed by atoms with van der Waals surface area (Å²) in [5.41, 5.74) is 0.958. The zero-order valence-electron chi connectivity index (χ0n) is 15.2. The molecule has 9 heteroatoms. The molecule has 0 unspecified atom stereocenters. The number of amides is 2. The van der Waals surface area contributed by atoms with Crippen LogP contribution in [-0.4, -0.2) is 89.6 Å². The van der Waals surface area contributed by atoms with E-state index in [1.165, 1.54) is 0 Å². The summed E-state index contributed by atoms with van der Waals surface area (Å²) in [6.45, 7) is 7.06. The predicted molar refractivity (Wildman–Crippen MR) is 95.3 cm³/mol. The Balaban J connectivity index is 1.55. The topological polar surface area (TPSA) is 103 Å². The van der Waals surface area contributed by atoms with Crippen molar-refractivity contribution in [2.75, 3.05) is 45.9 Å². The number of aromatic nitrogens is 2. The molecule has 0 bridgehead atoms. The molecule has 2 amide bonds. The zero-order chi connectivity index (χ0) is 18.4. The number of morpholine rings is 1. The van der Waals surface area contributed by atoms with E-state index in [2.05, 4.69) is 30.4 Å². The van der Waals surface area contributed by atoms with Gasteiger partial charge in [0.25, 0.3) is 0 Å². The maximum Gasteiger partial charge on any atom is 0.237 e. The molecule has 0 spiro atoms. The van der Waals surface area contributed by atoms with Crippen LogP contribution in [0.4, 0.5) is 0 Å². The Morgan fingerprint density at radius 2 is 2.19 bits per heavy atom. The van der Waals surface area contributed by atoms with Crippen molar-refractivity contribution in [3.05, 3.63) is 18.2 Å². The van der Waals surface area contributed by atoms with Crippen LogP contribution < -0.4 is 10.6 Å². The number of nitrogens with one attached hydrogen (secondary N) is 3. The Morgan fingerprint density at radius 1 is 1.38 bits per heavy atom. The van der Waals surface area contributed by atoms with Crippen molar-refractivity contribution < 1.29 is 14.3 Å². The summed E-state index contributed by atoms with van der Waals surface area (Å²) in [5, 5.41) is 5.99. The van der Waals surface area contributed by atoms with Gasteiger partial charge in [0.05, 0.1) is 32.1 Å². The number of aromatic amines is 1. The van der Waals surface area contributed by atoms with Crippen LogP contribution in [0.15, 0.2) is 12.5 Å². The third-order valence-corrected chi connectivity index (χ3v) is 4.82. The third kappa shape index (κ3) is 5.03. The molecule has 0 saturated carbocycles. The van der Waals surface area contributed by atoms with Gasteiger partial charge in [-0.05, 0) is 13.3 Å². The Morgan fingerprint density at radius 3 is 2.88 bits per heavy atom. The lowest BCUT2D eigenvalue weighted by Gasteiger charge is -2.26. The van der Waals surface area contributed by atoms with Crippen LogP contribution in [0.1, 0.15) is 19.0 Å². The van der Waals surface area contributed by atoms with Crippen LogP contribution >= 0.6 is 0 Å². The lowest BCUT2D eigenvalue weighted by Crippen LogP contribution is -2.46. The van der Waals surface area contributed by atoms with Gasteiger partial charge in [-0.15, -0.1) is 0 Å². The molecule has 0 aliphatic carbocycles. The SMILES string of the molecule is CCNC(=O)[C@@H]1C[C@@H](NC(=O)CN2CCOCC2)CN1Cc1cnc[nH]1. The molecule has 2 saturated heterocycles. The molecule has 3 N–H and O–H groups in total. The van der Waals surface area contributed by atoms with Crippen LogP contribution in [0.25, 0.3) is 0 Å². The smallest absolute Gasteiger partial charge is 0.237 e. The quantitative estimate of drug-likeness (QED) is 0.570. The first-order valence-corrected chi connectivity index (χ1v) is 9.24. The number of likely N-dealkylation sites (N-methyl/N-ethyl adjacent to an activating group) is 1. The summed E-state index contributed by atoms with van der Waals surface area (Å²) in [7, 11) is 0. The number of carbonyl (C=O) groups is 2. The number of H-pyrrole nitrogens is 1. The van der Waals surface area contributed by atoms with E-state index in [4.69, 9.17) is 4.74 Å². The van der Waals surface area contributed by atoms with E-state index in [9.17, 15) is 9.59 Å². The van der Waals surface area contributed by atoms with Gasteiger partial charge in [-0.3, -0.25) is 19.4 Å². The highest BCUT2D eigenvalue weighted by atomic mass is 16.5. The highest BCUT2D eigenvalue weighted by Gasteiger charge is 2.37. The molecular formula is C17H28N6O3. The standard InChI is InChI=1S/C17H28N6O3/c1-2-19-17(25)15-7-13(9-23(15)10-14-8-18-12-20-14)21-16(24)11-22-3-5-26-6-4-22/h8,12-13,15H,2-7,9-11H2,1H3,(H,18,20)(H,19,25)(H,21,24)/t13-,15+/m1/s1. The summed E-state index contributed by atoms with van der Waals surface area (Å²) in [5.74, 6) is 0.0203. The van der Waals surface area contributed by atoms with E-state index in [1.54, 1.807) is 12.5 Å². The number of nitrogens with zero attached hydrogens (tertiary/aromatic N) is 3. The van der Waals surface area contributed by atoms with Crippen molar-refractivity contribution in [2.24, 2.45) is 0 Å². The van der Waals surface area contributed by atoms with Crippen molar-refractivity contribution in [3.8, 4) is 0 Å². The Kier molecular flexibility index (Phi) is 6.59. The molecule has 3 rings (SSSR count). The molecule has 26 heavy (non-hydrogen) atoms. The van der Waals surface area contributed by atoms with E-state index in [-0.39, 0.29) is 23.9 Å². The maximum absolute atomic E-state index is 12.4. The van der Waals surface area contributed by atoms with Crippen LogP contribution in [0, 0.1) is 0 Å². The third-order valence-electron chi connectivity index (χ3n) is 4.82. The number of likely N-dealkylation sites (tertiary alicyclic amines) is 1. The lowest BCUT2D eigenvalue weighted by molar-refractivity contribution is -0.126. The number of carbonyl (C=O) groups excluding carboxylic acids is 2. The number of hydrogen-bond acceptors (Lipinski definition) is 6. The molecular weight excluding hydrogens is 336 g/mol. The average molecular weight is 364 g/mol. The van der Waals surface area contributed by atoms with Gasteiger partial charge in [0.15, 0.2) is 0 Å². The summed E-state index contributed by atoms with van der Waals surface area (Å²) in [6.07, 6.45) is 4.02. The van der Waals surface area contributed by atoms with Gasteiger partial charge < -0.3 is 20.4 Å². The normalized spacial score (nSPS) is 24.5. The molecule has 2 fully saturated rings. The second-order valence-corrected chi connectivity index (χ2v) is 6.81. The minimum atomic E-state index is -0.244. The molecule has 1 aromatic heterocycles. The largest absolute Gasteiger partial charge is 0.379 e. The summed E-state index contributed by atoms with van der Waals surface area (Å²) in [6, 6.07) is -0.272. The van der Waals surface area contributed by atoms with E-state index in [0.717, 1.165) is 18.8 Å². The van der Waals surface area contributed by atoms with Gasteiger partial charge >= 0.3 is 0 Å². The number of ether oxygens (including phenoxy) is 1. The monoisotopic (exact) mass is 364 g/mol. The van der Waals surface area contributed by atoms with Crippen LogP contribution in [0.2, 0.25) is 0 Å². The second-order valence-electron chi connectivity index (χ2n) is 6.81. The predicted octanol–water partition coefficient (Wildman–Crippen LogP) is -1.06. The molecule has 0 radical (unpaired) electrons. The first-order chi connectivity index (χ1) is 12.7. The fourth-order valence-corrected chi connectivity index (χ4v) is 3.57. The summed E-state index contributed by atoms with van der Waals surface area (Å²) < 4.78 is 5.31. The molecule has 1 aromatic rings. The maximum atomic E-state index is 12.4. The molecule has 2 aliphatic rings. The van der Waals surface area contributed by atoms with Gasteiger partial charge in [0.1, 0.15) is 0 Å². The van der Waals surface area contributed by atoms with Crippen molar-refractivity contribution in [1.29, 1.82) is 0 Å². The van der Waals surface area contributed by atoms with Crippen LogP contribution in [0.3, 0.4) is 0 Å². The highest BCUT2D eigenvalue weighted by Crippen LogP contribution is 2.20. The first kappa shape index (κ1) is 18.8. The number of imidazole rings is 1. The fraction of sp³-hybridized carbons (Fsp3) is 0.706. The molecule has 144 valence electrons. The van der Waals surface area contributed by atoms with Gasteiger partial charge in [0, 0.05) is 50.7 Å². The van der Waals surface area contributed by atoms with Gasteiger partial charge in [-0.25, -0.2) is 4.98 Å². The molecule has 2 aliphatic heterocycles. The van der Waals surface area contributed by atoms with Gasteiger partial charge in [0.2, 0.25) is 11.8 Å². The minimum Gasteiger partial charge on any atom is -0.379 e. The van der Waals surface area contributed by atoms with E-state index >= 15 is 0 Å². The average Bonchev–Trinajstić information content (AvgIpc) is 3.26. The summed E-state index contributed by atoms with van der Waals surface area (Å²) >= 11 is 0. The Hall–Kier alpha value is -1.97. The van der Waals surface area contributed by atoms with E-state index in [0.29, 0.717) is 45.8 Å². The lowest BCUT2D eigenvalue weighted by atomic mass is 10.1. The first-order valence-electron chi connectivity index (χ1n) is 9.24. The van der Waals surface area contributed by atoms with Gasteiger partial charge in [-0.1, -0.05) is 0 Å². The Labute approximate surface area is 153 Å². The molecule has 2 atom stereocenters. The highest BCUT2D eigenvalue weighted by molar-refractivity contribution is 5.83. The number of rotatable bonds is 7. The van der Waals surface area contributed by atoms with Crippen LogP contribution in [-0.2, 0) is 20.9 Å². The Bertz CT molecular complexity index is 587. The van der Waals surface area contributed by atoms with Gasteiger partial charge in [-0.2, -0.15) is 0 Å². The van der Waals surface area contributed by atoms with Crippen molar-refractivity contribution in [1.82, 2.24) is 30.4 Å². The van der Waals surface area contributed by atoms with E-state index in [1.807, 2.05) is 6.92 Å². The fourth-order valence-electron chi connectivity index (χ4n) is 3.57. The van der Waals surface area contributed by atoms with Crippen LogP contribution in [0.5, 0.6) is 0 Å². The zero-order valence-corrected chi connectivity index (χ0v) is 15.2. The van der Waals surface area contributed by atoms with Crippen molar-refractivity contribution in [3.63, 3.8) is 0 Å². The van der Waals surface area contributed by atoms with Crippen molar-refractivity contribution >= 4 is 11.8 Å². The molecule has 0 aromatic carbocycles. The molecule has 9 nitrogen and oxygen atoms in total.